The molecule has 0 aliphatic heterocycles. The van der Waals surface area contributed by atoms with Crippen LogP contribution in [0.4, 0.5) is 0 Å². The molecular formula is C20H27NO3S. The number of carbonyl (C=O) groups is 1. The third kappa shape index (κ3) is 3.66. The van der Waals surface area contributed by atoms with Gasteiger partial charge in [-0.2, -0.15) is 0 Å². The summed E-state index contributed by atoms with van der Waals surface area (Å²) in [6.07, 6.45) is 10.7. The van der Waals surface area contributed by atoms with Crippen LogP contribution < -0.4 is 5.32 Å². The molecule has 3 rings (SSSR count). The first-order valence-corrected chi connectivity index (χ1v) is 11.0. The van der Waals surface area contributed by atoms with Crippen LogP contribution in [-0.2, 0) is 20.0 Å². The van der Waals surface area contributed by atoms with Gasteiger partial charge < -0.3 is 5.32 Å². The van der Waals surface area contributed by atoms with Gasteiger partial charge in [-0.15, -0.1) is 0 Å². The third-order valence-corrected chi connectivity index (χ3v) is 6.84. The summed E-state index contributed by atoms with van der Waals surface area (Å²) in [5.41, 5.74) is 1.76. The number of allylic oxidation sites excluding steroid dienone is 1. The second kappa shape index (κ2) is 6.94. The number of hydrogen-bond acceptors (Lipinski definition) is 3. The fourth-order valence-corrected chi connectivity index (χ4v) is 4.51. The zero-order chi connectivity index (χ0) is 18.1. The zero-order valence-corrected chi connectivity index (χ0v) is 15.9. The van der Waals surface area contributed by atoms with Crippen molar-refractivity contribution in [2.75, 3.05) is 6.26 Å². The van der Waals surface area contributed by atoms with Gasteiger partial charge in [-0.1, -0.05) is 30.2 Å². The molecule has 0 radical (unpaired) electrons. The standard InChI is InChI=1S/C20H27NO3S/c1-15(16-7-4-3-5-8-16)21-19(22)20(13-6-14-20)17-9-11-18(12-10-17)25(2,23)24/h7,9-12,15H,3-6,8,13-14H2,1-2H3,(H,21,22)/t15-/m0/s1. The number of carbonyl (C=O) groups excluding carboxylic acids is 1. The molecule has 0 unspecified atom stereocenters. The SMILES string of the molecule is C[C@H](NC(=O)C1(c2ccc(S(C)(=O)=O)cc2)CCC1)C1=CCCCC1. The van der Waals surface area contributed by atoms with E-state index < -0.39 is 15.3 Å². The van der Waals surface area contributed by atoms with Crippen molar-refractivity contribution in [3.05, 3.63) is 41.5 Å². The molecule has 1 aromatic rings. The number of benzene rings is 1. The smallest absolute Gasteiger partial charge is 0.231 e. The molecule has 2 aliphatic carbocycles. The molecule has 1 amide bonds. The van der Waals surface area contributed by atoms with Crippen molar-refractivity contribution in [2.24, 2.45) is 0 Å². The molecule has 25 heavy (non-hydrogen) atoms. The van der Waals surface area contributed by atoms with Crippen molar-refractivity contribution < 1.29 is 13.2 Å². The van der Waals surface area contributed by atoms with Crippen molar-refractivity contribution in [1.82, 2.24) is 5.32 Å². The van der Waals surface area contributed by atoms with Gasteiger partial charge in [0.1, 0.15) is 0 Å². The van der Waals surface area contributed by atoms with Gasteiger partial charge in [-0.25, -0.2) is 8.42 Å². The van der Waals surface area contributed by atoms with Crippen LogP contribution in [0.25, 0.3) is 0 Å². The highest BCUT2D eigenvalue weighted by molar-refractivity contribution is 7.90. The van der Waals surface area contributed by atoms with Crippen LogP contribution in [0.1, 0.15) is 57.4 Å². The van der Waals surface area contributed by atoms with Crippen molar-refractivity contribution >= 4 is 15.7 Å². The molecule has 0 heterocycles. The van der Waals surface area contributed by atoms with Gasteiger partial charge in [0.15, 0.2) is 9.84 Å². The van der Waals surface area contributed by atoms with Crippen LogP contribution in [-0.4, -0.2) is 26.6 Å². The van der Waals surface area contributed by atoms with E-state index in [0.717, 1.165) is 37.7 Å². The summed E-state index contributed by atoms with van der Waals surface area (Å²) in [6.45, 7) is 2.06. The van der Waals surface area contributed by atoms with Gasteiger partial charge in [0, 0.05) is 12.3 Å². The highest BCUT2D eigenvalue weighted by Crippen LogP contribution is 2.44. The van der Waals surface area contributed by atoms with Gasteiger partial charge >= 0.3 is 0 Å². The minimum Gasteiger partial charge on any atom is -0.349 e. The maximum atomic E-state index is 13.0. The van der Waals surface area contributed by atoms with Gasteiger partial charge in [-0.05, 0) is 63.1 Å². The van der Waals surface area contributed by atoms with Gasteiger partial charge in [0.2, 0.25) is 5.91 Å². The first kappa shape index (κ1) is 18.2. The van der Waals surface area contributed by atoms with E-state index in [1.54, 1.807) is 24.3 Å². The lowest BCUT2D eigenvalue weighted by atomic mass is 9.63. The molecule has 0 aromatic heterocycles. The quantitative estimate of drug-likeness (QED) is 0.816. The average Bonchev–Trinajstić information content (AvgIpc) is 2.54. The molecule has 1 atom stereocenters. The Labute approximate surface area is 150 Å². The first-order chi connectivity index (χ1) is 11.8. The molecule has 1 N–H and O–H groups in total. The van der Waals surface area contributed by atoms with Gasteiger partial charge in [-0.3, -0.25) is 4.79 Å². The molecule has 4 nitrogen and oxygen atoms in total. The Balaban J connectivity index is 1.78. The van der Waals surface area contributed by atoms with Crippen LogP contribution in [0.2, 0.25) is 0 Å². The molecule has 1 saturated carbocycles. The lowest BCUT2D eigenvalue weighted by molar-refractivity contribution is -0.130. The Morgan fingerprint density at radius 3 is 2.28 bits per heavy atom. The molecule has 136 valence electrons. The van der Waals surface area contributed by atoms with Crippen LogP contribution >= 0.6 is 0 Å². The van der Waals surface area contributed by atoms with Crippen LogP contribution in [0, 0.1) is 0 Å². The minimum absolute atomic E-state index is 0.0700. The topological polar surface area (TPSA) is 63.2 Å². The van der Waals surface area contributed by atoms with E-state index in [1.807, 2.05) is 0 Å². The summed E-state index contributed by atoms with van der Waals surface area (Å²) in [4.78, 5) is 13.3. The summed E-state index contributed by atoms with van der Waals surface area (Å²) in [5.74, 6) is 0.0739. The third-order valence-electron chi connectivity index (χ3n) is 5.71. The monoisotopic (exact) mass is 361 g/mol. The van der Waals surface area contributed by atoms with E-state index in [1.165, 1.54) is 24.7 Å². The Hall–Kier alpha value is -1.62. The molecule has 1 aromatic carbocycles. The first-order valence-electron chi connectivity index (χ1n) is 9.13. The lowest BCUT2D eigenvalue weighted by Crippen LogP contribution is -2.51. The highest BCUT2D eigenvalue weighted by Gasteiger charge is 2.46. The van der Waals surface area contributed by atoms with Crippen molar-refractivity contribution in [3.63, 3.8) is 0 Å². The van der Waals surface area contributed by atoms with E-state index >= 15 is 0 Å². The molecule has 5 heteroatoms. The maximum absolute atomic E-state index is 13.0. The molecule has 1 fully saturated rings. The van der Waals surface area contributed by atoms with E-state index in [-0.39, 0.29) is 11.9 Å². The molecular weight excluding hydrogens is 334 g/mol. The molecule has 0 saturated heterocycles. The van der Waals surface area contributed by atoms with Crippen molar-refractivity contribution in [3.8, 4) is 0 Å². The normalized spacial score (nSPS) is 21.0. The summed E-state index contributed by atoms with van der Waals surface area (Å²) in [5, 5.41) is 3.21. The Morgan fingerprint density at radius 1 is 1.12 bits per heavy atom. The fraction of sp³-hybridized carbons (Fsp3) is 0.550. The maximum Gasteiger partial charge on any atom is 0.231 e. The fourth-order valence-electron chi connectivity index (χ4n) is 3.88. The van der Waals surface area contributed by atoms with E-state index in [4.69, 9.17) is 0 Å². The van der Waals surface area contributed by atoms with Crippen LogP contribution in [0.3, 0.4) is 0 Å². The molecule has 2 aliphatic rings. The van der Waals surface area contributed by atoms with Crippen LogP contribution in [0.5, 0.6) is 0 Å². The second-order valence-corrected chi connectivity index (χ2v) is 9.47. The van der Waals surface area contributed by atoms with E-state index in [2.05, 4.69) is 18.3 Å². The lowest BCUT2D eigenvalue weighted by Gasteiger charge is -2.41. The number of rotatable bonds is 5. The zero-order valence-electron chi connectivity index (χ0n) is 15.0. The Morgan fingerprint density at radius 2 is 1.80 bits per heavy atom. The van der Waals surface area contributed by atoms with E-state index in [9.17, 15) is 13.2 Å². The largest absolute Gasteiger partial charge is 0.349 e. The van der Waals surface area contributed by atoms with Crippen molar-refractivity contribution in [2.45, 2.75) is 68.2 Å². The summed E-state index contributed by atoms with van der Waals surface area (Å²) in [6, 6.07) is 6.91. The summed E-state index contributed by atoms with van der Waals surface area (Å²) >= 11 is 0. The molecule has 0 bridgehead atoms. The number of amides is 1. The van der Waals surface area contributed by atoms with Gasteiger partial charge in [0.05, 0.1) is 10.3 Å². The number of sulfone groups is 1. The summed E-state index contributed by atoms with van der Waals surface area (Å²) in [7, 11) is -3.22. The van der Waals surface area contributed by atoms with Gasteiger partial charge in [0.25, 0.3) is 0 Å². The summed E-state index contributed by atoms with van der Waals surface area (Å²) < 4.78 is 23.3. The second-order valence-electron chi connectivity index (χ2n) is 7.45. The van der Waals surface area contributed by atoms with Crippen molar-refractivity contribution in [1.29, 1.82) is 0 Å². The Kier molecular flexibility index (Phi) is 5.05. The predicted molar refractivity (Wildman–Crippen MR) is 99.2 cm³/mol. The van der Waals surface area contributed by atoms with E-state index in [0.29, 0.717) is 4.90 Å². The number of nitrogens with one attached hydrogen (secondary N) is 1. The molecule has 0 spiro atoms. The predicted octanol–water partition coefficient (Wildman–Crippen LogP) is 3.52. The highest BCUT2D eigenvalue weighted by atomic mass is 32.2. The average molecular weight is 362 g/mol. The van der Waals surface area contributed by atoms with Crippen LogP contribution in [0.15, 0.2) is 40.8 Å². The number of hydrogen-bond donors (Lipinski definition) is 1. The minimum atomic E-state index is -3.22. The Bertz CT molecular complexity index is 774.